The van der Waals surface area contributed by atoms with E-state index in [0.717, 1.165) is 23.9 Å². The predicted octanol–water partition coefficient (Wildman–Crippen LogP) is 2.38. The van der Waals surface area contributed by atoms with Crippen molar-refractivity contribution in [3.63, 3.8) is 0 Å². The average Bonchev–Trinajstić information content (AvgIpc) is 3.17. The predicted molar refractivity (Wildman–Crippen MR) is 79.9 cm³/mol. The molecule has 1 unspecified atom stereocenters. The highest BCUT2D eigenvalue weighted by Crippen LogP contribution is 2.28. The fourth-order valence-electron chi connectivity index (χ4n) is 3.16. The molecule has 1 saturated carbocycles. The van der Waals surface area contributed by atoms with Crippen LogP contribution in [-0.4, -0.2) is 28.2 Å². The van der Waals surface area contributed by atoms with Gasteiger partial charge >= 0.3 is 0 Å². The molecule has 0 radical (unpaired) electrons. The summed E-state index contributed by atoms with van der Waals surface area (Å²) < 4.78 is 5.40. The Balaban J connectivity index is 1.61. The van der Waals surface area contributed by atoms with Gasteiger partial charge in [-0.15, -0.1) is 0 Å². The zero-order valence-electron chi connectivity index (χ0n) is 12.5. The van der Waals surface area contributed by atoms with Gasteiger partial charge in [-0.1, -0.05) is 24.1 Å². The van der Waals surface area contributed by atoms with E-state index in [9.17, 15) is 0 Å². The third kappa shape index (κ3) is 3.67. The summed E-state index contributed by atoms with van der Waals surface area (Å²) in [4.78, 5) is 8.80. The highest BCUT2D eigenvalue weighted by molar-refractivity contribution is 5.09. The molecular weight excluding hydrogens is 264 g/mol. The Morgan fingerprint density at radius 1 is 1.33 bits per heavy atom. The van der Waals surface area contributed by atoms with Gasteiger partial charge < -0.3 is 9.84 Å². The van der Waals surface area contributed by atoms with Crippen LogP contribution in [0.1, 0.15) is 43.1 Å². The van der Waals surface area contributed by atoms with Crippen molar-refractivity contribution in [1.29, 1.82) is 0 Å². The van der Waals surface area contributed by atoms with Crippen molar-refractivity contribution in [2.75, 3.05) is 7.05 Å². The van der Waals surface area contributed by atoms with E-state index in [1.54, 1.807) is 6.20 Å². The minimum atomic E-state index is 0.440. The van der Waals surface area contributed by atoms with E-state index in [4.69, 9.17) is 4.52 Å². The normalized spacial score (nSPS) is 17.2. The lowest BCUT2D eigenvalue weighted by atomic mass is 9.95. The molecule has 1 N–H and O–H groups in total. The van der Waals surface area contributed by atoms with Crippen molar-refractivity contribution in [3.05, 3.63) is 41.8 Å². The fraction of sp³-hybridized carbons (Fsp3) is 0.562. The van der Waals surface area contributed by atoms with Gasteiger partial charge in [0.2, 0.25) is 5.89 Å². The first-order valence-electron chi connectivity index (χ1n) is 7.74. The summed E-state index contributed by atoms with van der Waals surface area (Å²) in [5.74, 6) is 2.18. The summed E-state index contributed by atoms with van der Waals surface area (Å²) in [7, 11) is 2.02. The van der Waals surface area contributed by atoms with Gasteiger partial charge in [-0.3, -0.25) is 4.98 Å². The van der Waals surface area contributed by atoms with Crippen molar-refractivity contribution in [1.82, 2.24) is 20.4 Å². The Hall–Kier alpha value is -1.75. The molecule has 1 aliphatic rings. The van der Waals surface area contributed by atoms with Crippen LogP contribution in [0.15, 0.2) is 28.9 Å². The topological polar surface area (TPSA) is 63.8 Å². The minimum Gasteiger partial charge on any atom is -0.339 e. The quantitative estimate of drug-likeness (QED) is 0.883. The highest BCUT2D eigenvalue weighted by Gasteiger charge is 2.25. The van der Waals surface area contributed by atoms with E-state index in [-0.39, 0.29) is 0 Å². The molecule has 1 atom stereocenters. The van der Waals surface area contributed by atoms with Gasteiger partial charge in [0.1, 0.15) is 0 Å². The van der Waals surface area contributed by atoms with Crippen LogP contribution in [0.25, 0.3) is 0 Å². The standard InChI is InChI=1S/C16H22N4O/c1-17-14(12-6-2-3-7-12)11-16-19-15(20-21-16)10-13-8-4-5-9-18-13/h4-5,8-9,12,14,17H,2-3,6-7,10-11H2,1H3. The summed E-state index contributed by atoms with van der Waals surface area (Å²) in [6, 6.07) is 6.30. The SMILES string of the molecule is CNC(Cc1nc(Cc2ccccn2)no1)C1CCCC1. The number of likely N-dealkylation sites (N-methyl/N-ethyl adjacent to an activating group) is 1. The van der Waals surface area contributed by atoms with Gasteiger partial charge in [0.05, 0.1) is 6.42 Å². The van der Waals surface area contributed by atoms with Crippen molar-refractivity contribution in [3.8, 4) is 0 Å². The number of pyridine rings is 1. The second-order valence-corrected chi connectivity index (χ2v) is 5.75. The maximum atomic E-state index is 5.40. The van der Waals surface area contributed by atoms with Crippen LogP contribution >= 0.6 is 0 Å². The Kier molecular flexibility index (Phi) is 4.60. The van der Waals surface area contributed by atoms with Crippen molar-refractivity contribution < 1.29 is 4.52 Å². The van der Waals surface area contributed by atoms with Crippen molar-refractivity contribution in [2.45, 2.75) is 44.6 Å². The Morgan fingerprint density at radius 3 is 2.90 bits per heavy atom. The third-order valence-corrected chi connectivity index (χ3v) is 4.31. The largest absolute Gasteiger partial charge is 0.339 e. The zero-order valence-corrected chi connectivity index (χ0v) is 12.5. The first kappa shape index (κ1) is 14.2. The van der Waals surface area contributed by atoms with Crippen LogP contribution < -0.4 is 5.32 Å². The molecule has 0 aromatic carbocycles. The molecule has 0 amide bonds. The molecule has 2 aromatic rings. The molecule has 3 rings (SSSR count). The summed E-state index contributed by atoms with van der Waals surface area (Å²) in [6.07, 6.45) is 8.53. The zero-order chi connectivity index (χ0) is 14.5. The first-order chi connectivity index (χ1) is 10.3. The molecule has 112 valence electrons. The van der Waals surface area contributed by atoms with Crippen LogP contribution in [0.2, 0.25) is 0 Å². The van der Waals surface area contributed by atoms with Gasteiger partial charge in [0, 0.05) is 24.4 Å². The molecule has 2 aromatic heterocycles. The maximum absolute atomic E-state index is 5.40. The number of hydrogen-bond acceptors (Lipinski definition) is 5. The Labute approximate surface area is 125 Å². The lowest BCUT2D eigenvalue weighted by Crippen LogP contribution is -2.34. The van der Waals surface area contributed by atoms with E-state index >= 15 is 0 Å². The molecule has 1 fully saturated rings. The smallest absolute Gasteiger partial charge is 0.228 e. The summed E-state index contributed by atoms with van der Waals surface area (Å²) in [5.41, 5.74) is 0.964. The second kappa shape index (κ2) is 6.80. The number of nitrogens with zero attached hydrogens (tertiary/aromatic N) is 3. The molecule has 1 aliphatic carbocycles. The summed E-state index contributed by atoms with van der Waals surface area (Å²) in [5, 5.41) is 7.48. The molecule has 0 bridgehead atoms. The van der Waals surface area contributed by atoms with E-state index < -0.39 is 0 Å². The number of nitrogens with one attached hydrogen (secondary N) is 1. The molecule has 21 heavy (non-hydrogen) atoms. The maximum Gasteiger partial charge on any atom is 0.228 e. The van der Waals surface area contributed by atoms with E-state index in [1.165, 1.54) is 25.7 Å². The lowest BCUT2D eigenvalue weighted by Gasteiger charge is -2.20. The average molecular weight is 286 g/mol. The van der Waals surface area contributed by atoms with Crippen molar-refractivity contribution >= 4 is 0 Å². The summed E-state index contributed by atoms with van der Waals surface area (Å²) >= 11 is 0. The first-order valence-corrected chi connectivity index (χ1v) is 7.74. The van der Waals surface area contributed by atoms with Crippen molar-refractivity contribution in [2.24, 2.45) is 5.92 Å². The van der Waals surface area contributed by atoms with Gasteiger partial charge in [-0.2, -0.15) is 4.98 Å². The van der Waals surface area contributed by atoms with Crippen LogP contribution in [0.3, 0.4) is 0 Å². The van der Waals surface area contributed by atoms with Gasteiger partial charge in [-0.05, 0) is 37.9 Å². The van der Waals surface area contributed by atoms with Crippen LogP contribution in [0.4, 0.5) is 0 Å². The van der Waals surface area contributed by atoms with E-state index in [2.05, 4.69) is 20.4 Å². The lowest BCUT2D eigenvalue weighted by molar-refractivity contribution is 0.317. The number of rotatable bonds is 6. The molecule has 0 aliphatic heterocycles. The molecule has 0 spiro atoms. The fourth-order valence-corrected chi connectivity index (χ4v) is 3.16. The van der Waals surface area contributed by atoms with Gasteiger partial charge in [0.25, 0.3) is 0 Å². The number of hydrogen-bond donors (Lipinski definition) is 1. The van der Waals surface area contributed by atoms with Gasteiger partial charge in [-0.25, -0.2) is 0 Å². The Morgan fingerprint density at radius 2 is 2.19 bits per heavy atom. The third-order valence-electron chi connectivity index (χ3n) is 4.31. The van der Waals surface area contributed by atoms with E-state index in [0.29, 0.717) is 18.3 Å². The highest BCUT2D eigenvalue weighted by atomic mass is 16.5. The Bertz CT molecular complexity index is 548. The molecule has 2 heterocycles. The van der Waals surface area contributed by atoms with E-state index in [1.807, 2.05) is 25.2 Å². The molecule has 5 heteroatoms. The second-order valence-electron chi connectivity index (χ2n) is 5.75. The summed E-state index contributed by atoms with van der Waals surface area (Å²) in [6.45, 7) is 0. The van der Waals surface area contributed by atoms with Crippen LogP contribution in [0.5, 0.6) is 0 Å². The van der Waals surface area contributed by atoms with Crippen LogP contribution in [-0.2, 0) is 12.8 Å². The monoisotopic (exact) mass is 286 g/mol. The molecule has 0 saturated heterocycles. The van der Waals surface area contributed by atoms with Gasteiger partial charge in [0.15, 0.2) is 5.82 Å². The molecule has 5 nitrogen and oxygen atoms in total. The molecular formula is C16H22N4O. The number of aromatic nitrogens is 3. The minimum absolute atomic E-state index is 0.440. The van der Waals surface area contributed by atoms with Crippen LogP contribution in [0, 0.1) is 5.92 Å².